The minimum absolute atomic E-state index is 0.0717. The van der Waals surface area contributed by atoms with E-state index in [9.17, 15) is 9.90 Å². The van der Waals surface area contributed by atoms with Gasteiger partial charge < -0.3 is 20.3 Å². The van der Waals surface area contributed by atoms with Crippen molar-refractivity contribution in [3.8, 4) is 0 Å². The van der Waals surface area contributed by atoms with E-state index in [1.54, 1.807) is 11.1 Å². The number of hydrogen-bond acceptors (Lipinski definition) is 5. The van der Waals surface area contributed by atoms with Crippen molar-refractivity contribution in [2.24, 2.45) is 13.0 Å². The van der Waals surface area contributed by atoms with Crippen LogP contribution in [0.15, 0.2) is 12.4 Å². The molecule has 1 aliphatic rings. The molecule has 0 spiro atoms. The number of aromatic amines is 1. The van der Waals surface area contributed by atoms with Crippen molar-refractivity contribution in [3.05, 3.63) is 28.9 Å². The van der Waals surface area contributed by atoms with Crippen LogP contribution < -0.4 is 5.73 Å². The molecule has 4 N–H and O–H groups in total. The highest BCUT2D eigenvalue weighted by Crippen LogP contribution is 2.31. The van der Waals surface area contributed by atoms with Gasteiger partial charge in [-0.3, -0.25) is 9.89 Å². The van der Waals surface area contributed by atoms with E-state index < -0.39 is 6.10 Å². The number of nitrogen functional groups attached to an aromatic ring is 1. The van der Waals surface area contributed by atoms with Crippen LogP contribution >= 0.6 is 11.6 Å². The lowest BCUT2D eigenvalue weighted by atomic mass is 9.90. The Morgan fingerprint density at radius 2 is 2.22 bits per heavy atom. The molecular weight excluding hydrogens is 320 g/mol. The number of aliphatic hydroxyl groups excluding tert-OH is 1. The number of nitrogens with zero attached hydrogens (tertiary/aromatic N) is 4. The summed E-state index contributed by atoms with van der Waals surface area (Å²) >= 11 is 5.97. The zero-order valence-corrected chi connectivity index (χ0v) is 13.5. The van der Waals surface area contributed by atoms with Crippen LogP contribution in [0.1, 0.15) is 35.3 Å². The fourth-order valence-corrected chi connectivity index (χ4v) is 3.10. The average molecular weight is 339 g/mol. The second-order valence-corrected chi connectivity index (χ2v) is 6.15. The highest BCUT2D eigenvalue weighted by Gasteiger charge is 2.31. The van der Waals surface area contributed by atoms with Gasteiger partial charge in [0.25, 0.3) is 5.91 Å². The van der Waals surface area contributed by atoms with Crippen molar-refractivity contribution < 1.29 is 9.90 Å². The Morgan fingerprint density at radius 3 is 2.74 bits per heavy atom. The first kappa shape index (κ1) is 15.8. The van der Waals surface area contributed by atoms with Gasteiger partial charge in [0.15, 0.2) is 5.82 Å². The van der Waals surface area contributed by atoms with E-state index in [4.69, 9.17) is 17.3 Å². The molecule has 0 aromatic carbocycles. The maximum atomic E-state index is 12.4. The number of amides is 1. The second kappa shape index (κ2) is 6.21. The van der Waals surface area contributed by atoms with Crippen LogP contribution in [0.4, 0.5) is 5.82 Å². The van der Waals surface area contributed by atoms with Crippen LogP contribution in [0.25, 0.3) is 0 Å². The van der Waals surface area contributed by atoms with E-state index in [2.05, 4.69) is 15.2 Å². The lowest BCUT2D eigenvalue weighted by Gasteiger charge is -2.33. The summed E-state index contributed by atoms with van der Waals surface area (Å²) in [5.41, 5.74) is 5.77. The fourth-order valence-electron chi connectivity index (χ4n) is 2.93. The molecule has 2 aromatic rings. The number of nitrogens with one attached hydrogen (secondary N) is 1. The van der Waals surface area contributed by atoms with Crippen molar-refractivity contribution in [2.45, 2.75) is 18.9 Å². The van der Waals surface area contributed by atoms with Crippen molar-refractivity contribution in [2.75, 3.05) is 18.8 Å². The van der Waals surface area contributed by atoms with Crippen LogP contribution in [-0.4, -0.2) is 48.8 Å². The number of nitrogens with two attached hydrogens (primary N) is 1. The third-order valence-corrected chi connectivity index (χ3v) is 4.73. The molecule has 2 aromatic heterocycles. The molecule has 8 nitrogen and oxygen atoms in total. The number of aliphatic hydroxyl groups is 1. The van der Waals surface area contributed by atoms with Crippen molar-refractivity contribution >= 4 is 23.3 Å². The lowest BCUT2D eigenvalue weighted by Crippen LogP contribution is -2.40. The Balaban J connectivity index is 1.63. The SMILES string of the molecule is Cn1ccnc1C(O)C1CCN(C(=O)c2[nH]nc(N)c2Cl)CC1. The molecule has 1 saturated heterocycles. The summed E-state index contributed by atoms with van der Waals surface area (Å²) in [5.74, 6) is 0.626. The van der Waals surface area contributed by atoms with Gasteiger partial charge in [-0.1, -0.05) is 11.6 Å². The van der Waals surface area contributed by atoms with E-state index in [1.165, 1.54) is 0 Å². The van der Waals surface area contributed by atoms with Gasteiger partial charge in [-0.05, 0) is 18.8 Å². The number of aromatic nitrogens is 4. The average Bonchev–Trinajstić information content (AvgIpc) is 3.13. The number of aryl methyl sites for hydroxylation is 1. The molecule has 0 aliphatic carbocycles. The van der Waals surface area contributed by atoms with Gasteiger partial charge in [-0.2, -0.15) is 5.10 Å². The molecule has 1 fully saturated rings. The monoisotopic (exact) mass is 338 g/mol. The highest BCUT2D eigenvalue weighted by atomic mass is 35.5. The molecule has 3 rings (SSSR count). The molecule has 1 atom stereocenters. The maximum absolute atomic E-state index is 12.4. The lowest BCUT2D eigenvalue weighted by molar-refractivity contribution is 0.0417. The number of halogens is 1. The molecule has 124 valence electrons. The first-order chi connectivity index (χ1) is 11.0. The summed E-state index contributed by atoms with van der Waals surface area (Å²) in [5, 5.41) is 16.9. The largest absolute Gasteiger partial charge is 0.385 e. The summed E-state index contributed by atoms with van der Waals surface area (Å²) in [7, 11) is 1.86. The smallest absolute Gasteiger partial charge is 0.273 e. The molecule has 1 amide bonds. The summed E-state index contributed by atoms with van der Waals surface area (Å²) in [4.78, 5) is 18.3. The summed E-state index contributed by atoms with van der Waals surface area (Å²) in [6, 6.07) is 0. The van der Waals surface area contributed by atoms with Crippen molar-refractivity contribution in [1.82, 2.24) is 24.6 Å². The molecule has 0 bridgehead atoms. The van der Waals surface area contributed by atoms with Crippen LogP contribution in [-0.2, 0) is 7.05 Å². The minimum Gasteiger partial charge on any atom is -0.385 e. The third kappa shape index (κ3) is 2.91. The predicted octanol–water partition coefficient (Wildman–Crippen LogP) is 0.965. The molecule has 23 heavy (non-hydrogen) atoms. The Hall–Kier alpha value is -2.06. The number of carbonyl (C=O) groups is 1. The maximum Gasteiger partial charge on any atom is 0.273 e. The number of likely N-dealkylation sites (tertiary alicyclic amines) is 1. The first-order valence-electron chi connectivity index (χ1n) is 7.43. The zero-order chi connectivity index (χ0) is 16.6. The number of H-pyrrole nitrogens is 1. The van der Waals surface area contributed by atoms with E-state index in [0.29, 0.717) is 31.8 Å². The molecule has 1 unspecified atom stereocenters. The zero-order valence-electron chi connectivity index (χ0n) is 12.7. The number of rotatable bonds is 3. The quantitative estimate of drug-likeness (QED) is 0.771. The van der Waals surface area contributed by atoms with E-state index >= 15 is 0 Å². The minimum atomic E-state index is -0.626. The highest BCUT2D eigenvalue weighted by molar-refractivity contribution is 6.35. The van der Waals surface area contributed by atoms with E-state index in [0.717, 1.165) is 0 Å². The summed E-state index contributed by atoms with van der Waals surface area (Å²) in [6.45, 7) is 1.08. The standard InChI is InChI=1S/C14H19ClN6O2/c1-20-7-4-17-13(20)11(22)8-2-5-21(6-3-8)14(23)10-9(15)12(16)19-18-10/h4,7-8,11,22H,2-3,5-6H2,1H3,(H3,16,18,19). The molecule has 1 aliphatic heterocycles. The van der Waals surface area contributed by atoms with Gasteiger partial charge in [-0.25, -0.2) is 4.98 Å². The van der Waals surface area contributed by atoms with Gasteiger partial charge in [-0.15, -0.1) is 0 Å². The van der Waals surface area contributed by atoms with Crippen LogP contribution in [0, 0.1) is 5.92 Å². The van der Waals surface area contributed by atoms with Crippen molar-refractivity contribution in [1.29, 1.82) is 0 Å². The van der Waals surface area contributed by atoms with Gasteiger partial charge in [0.1, 0.15) is 22.6 Å². The van der Waals surface area contributed by atoms with Crippen molar-refractivity contribution in [3.63, 3.8) is 0 Å². The Morgan fingerprint density at radius 1 is 1.52 bits per heavy atom. The third-order valence-electron chi connectivity index (χ3n) is 4.34. The molecule has 0 radical (unpaired) electrons. The number of hydrogen-bond donors (Lipinski definition) is 3. The van der Waals surface area contributed by atoms with Gasteiger partial charge in [0, 0.05) is 32.5 Å². The Kier molecular flexibility index (Phi) is 4.27. The van der Waals surface area contributed by atoms with Crippen LogP contribution in [0.2, 0.25) is 5.02 Å². The molecular formula is C14H19ClN6O2. The Labute approximate surface area is 138 Å². The van der Waals surface area contributed by atoms with Gasteiger partial charge >= 0.3 is 0 Å². The molecule has 0 saturated carbocycles. The first-order valence-corrected chi connectivity index (χ1v) is 7.80. The molecule has 9 heteroatoms. The van der Waals surface area contributed by atoms with E-state index in [1.807, 2.05) is 17.8 Å². The number of carbonyl (C=O) groups excluding carboxylic acids is 1. The van der Waals surface area contributed by atoms with Gasteiger partial charge in [0.2, 0.25) is 0 Å². The predicted molar refractivity (Wildman–Crippen MR) is 84.8 cm³/mol. The number of imidazole rings is 1. The fraction of sp³-hybridized carbons (Fsp3) is 0.500. The normalized spacial score (nSPS) is 17.4. The Bertz CT molecular complexity index is 704. The molecule has 3 heterocycles. The topological polar surface area (TPSA) is 113 Å². The summed E-state index contributed by atoms with van der Waals surface area (Å²) in [6.07, 6.45) is 4.24. The van der Waals surface area contributed by atoms with E-state index in [-0.39, 0.29) is 28.4 Å². The van der Waals surface area contributed by atoms with Crippen LogP contribution in [0.3, 0.4) is 0 Å². The number of anilines is 1. The summed E-state index contributed by atoms with van der Waals surface area (Å²) < 4.78 is 1.81. The second-order valence-electron chi connectivity index (χ2n) is 5.77. The van der Waals surface area contributed by atoms with Crippen LogP contribution in [0.5, 0.6) is 0 Å². The number of piperidine rings is 1. The van der Waals surface area contributed by atoms with Gasteiger partial charge in [0.05, 0.1) is 0 Å².